The van der Waals surface area contributed by atoms with Crippen molar-refractivity contribution in [2.24, 2.45) is 0 Å². The molecule has 1 aliphatic rings. The summed E-state index contributed by atoms with van der Waals surface area (Å²) in [6, 6.07) is 0. The fourth-order valence-electron chi connectivity index (χ4n) is 1.65. The van der Waals surface area contributed by atoms with Gasteiger partial charge in [0.25, 0.3) is 0 Å². The van der Waals surface area contributed by atoms with Crippen molar-refractivity contribution in [3.8, 4) is 0 Å². The van der Waals surface area contributed by atoms with E-state index in [1.54, 1.807) is 0 Å². The summed E-state index contributed by atoms with van der Waals surface area (Å²) < 4.78 is 4.86. The monoisotopic (exact) mass is 227 g/mol. The first-order valence-electron chi connectivity index (χ1n) is 5.48. The van der Waals surface area contributed by atoms with E-state index in [-0.39, 0.29) is 0 Å². The summed E-state index contributed by atoms with van der Waals surface area (Å²) in [7, 11) is 0. The highest BCUT2D eigenvalue weighted by Gasteiger charge is 2.09. The van der Waals surface area contributed by atoms with Gasteiger partial charge in [-0.3, -0.25) is 4.90 Å². The van der Waals surface area contributed by atoms with Gasteiger partial charge in [0.15, 0.2) is 0 Å². The molecule has 1 aliphatic heterocycles. The van der Waals surface area contributed by atoms with E-state index in [0.717, 1.165) is 31.8 Å². The molecular weight excluding hydrogens is 210 g/mol. The molecule has 0 saturated carbocycles. The molecule has 1 heterocycles. The Morgan fingerprint density at radius 2 is 1.88 bits per heavy atom. The van der Waals surface area contributed by atoms with E-state index in [4.69, 9.17) is 9.84 Å². The fourth-order valence-corrected chi connectivity index (χ4v) is 1.65. The zero-order valence-corrected chi connectivity index (χ0v) is 9.22. The maximum Gasteiger partial charge on any atom is 0.331 e. The first-order valence-corrected chi connectivity index (χ1v) is 5.48. The largest absolute Gasteiger partial charge is 0.478 e. The lowest BCUT2D eigenvalue weighted by Gasteiger charge is -2.25. The Hall–Kier alpha value is -1.36. The van der Waals surface area contributed by atoms with Crippen molar-refractivity contribution in [3.63, 3.8) is 0 Å². The van der Waals surface area contributed by atoms with Gasteiger partial charge in [-0.15, -0.1) is 0 Å². The summed E-state index contributed by atoms with van der Waals surface area (Å²) >= 11 is 0. The molecule has 5 nitrogen and oxygen atoms in total. The number of piperidine rings is 1. The zero-order valence-electron chi connectivity index (χ0n) is 9.22. The maximum absolute atomic E-state index is 11.0. The highest BCUT2D eigenvalue weighted by molar-refractivity contribution is 5.90. The predicted molar refractivity (Wildman–Crippen MR) is 58.0 cm³/mol. The van der Waals surface area contributed by atoms with Gasteiger partial charge in [-0.2, -0.15) is 0 Å². The number of nitrogens with zero attached hydrogens (tertiary/aromatic N) is 1. The summed E-state index contributed by atoms with van der Waals surface area (Å²) in [5, 5.41) is 8.29. The van der Waals surface area contributed by atoms with E-state index in [2.05, 4.69) is 4.90 Å². The van der Waals surface area contributed by atoms with Crippen LogP contribution >= 0.6 is 0 Å². The number of carboxylic acids is 1. The molecule has 90 valence electrons. The van der Waals surface area contributed by atoms with Crippen molar-refractivity contribution in [2.45, 2.75) is 19.3 Å². The first-order chi connectivity index (χ1) is 7.68. The second-order valence-electron chi connectivity index (χ2n) is 3.74. The van der Waals surface area contributed by atoms with Gasteiger partial charge in [0.05, 0.1) is 0 Å². The summed E-state index contributed by atoms with van der Waals surface area (Å²) in [6.07, 6.45) is 5.39. The van der Waals surface area contributed by atoms with Gasteiger partial charge in [-0.1, -0.05) is 6.42 Å². The number of aliphatic carboxylic acids is 1. The average Bonchev–Trinajstić information content (AvgIpc) is 2.28. The third kappa shape index (κ3) is 5.50. The molecule has 0 spiro atoms. The van der Waals surface area contributed by atoms with E-state index in [0.29, 0.717) is 6.61 Å². The Bertz CT molecular complexity index is 269. The number of hydrogen-bond acceptors (Lipinski definition) is 4. The Balaban J connectivity index is 2.09. The summed E-state index contributed by atoms with van der Waals surface area (Å²) in [6.45, 7) is 3.17. The van der Waals surface area contributed by atoms with E-state index in [1.165, 1.54) is 19.3 Å². The number of carbonyl (C=O) groups is 2. The third-order valence-electron chi connectivity index (χ3n) is 2.46. The minimum absolute atomic E-state index is 0.322. The highest BCUT2D eigenvalue weighted by atomic mass is 16.5. The van der Waals surface area contributed by atoms with Crippen LogP contribution in [-0.2, 0) is 14.3 Å². The minimum Gasteiger partial charge on any atom is -0.478 e. The van der Waals surface area contributed by atoms with E-state index >= 15 is 0 Å². The predicted octanol–water partition coefficient (Wildman–Crippen LogP) is 0.656. The number of rotatable bonds is 5. The van der Waals surface area contributed by atoms with Crippen LogP contribution in [0, 0.1) is 0 Å². The first kappa shape index (κ1) is 12.7. The molecule has 16 heavy (non-hydrogen) atoms. The van der Waals surface area contributed by atoms with Crippen LogP contribution < -0.4 is 0 Å². The van der Waals surface area contributed by atoms with Crippen LogP contribution in [0.15, 0.2) is 12.2 Å². The number of carbonyl (C=O) groups excluding carboxylic acids is 1. The van der Waals surface area contributed by atoms with Crippen molar-refractivity contribution in [1.82, 2.24) is 4.90 Å². The van der Waals surface area contributed by atoms with Crippen molar-refractivity contribution < 1.29 is 19.4 Å². The number of ether oxygens (including phenoxy) is 1. The molecule has 0 radical (unpaired) electrons. The molecule has 0 aromatic carbocycles. The van der Waals surface area contributed by atoms with Crippen LogP contribution in [0.5, 0.6) is 0 Å². The molecule has 5 heteroatoms. The molecule has 0 bridgehead atoms. The van der Waals surface area contributed by atoms with E-state index < -0.39 is 11.9 Å². The molecule has 0 aromatic rings. The van der Waals surface area contributed by atoms with Crippen molar-refractivity contribution in [3.05, 3.63) is 12.2 Å². The van der Waals surface area contributed by atoms with Crippen LogP contribution in [0.1, 0.15) is 19.3 Å². The number of carboxylic acid groups (broad SMARTS) is 1. The summed E-state index contributed by atoms with van der Waals surface area (Å²) in [4.78, 5) is 23.4. The quantitative estimate of drug-likeness (QED) is 0.552. The van der Waals surface area contributed by atoms with Crippen LogP contribution in [-0.4, -0.2) is 48.2 Å². The van der Waals surface area contributed by atoms with Gasteiger partial charge < -0.3 is 9.84 Å². The molecule has 0 unspecified atom stereocenters. The Kier molecular flexibility index (Phi) is 5.56. The Labute approximate surface area is 94.7 Å². The second kappa shape index (κ2) is 7.00. The van der Waals surface area contributed by atoms with Gasteiger partial charge in [-0.25, -0.2) is 9.59 Å². The molecule has 0 aromatic heterocycles. The van der Waals surface area contributed by atoms with Gasteiger partial charge >= 0.3 is 11.9 Å². The van der Waals surface area contributed by atoms with Crippen molar-refractivity contribution in [1.29, 1.82) is 0 Å². The number of likely N-dealkylation sites (tertiary alicyclic amines) is 1. The van der Waals surface area contributed by atoms with Crippen LogP contribution in [0.2, 0.25) is 0 Å². The minimum atomic E-state index is -1.15. The van der Waals surface area contributed by atoms with Crippen molar-refractivity contribution in [2.75, 3.05) is 26.2 Å². The molecule has 0 atom stereocenters. The van der Waals surface area contributed by atoms with Crippen molar-refractivity contribution >= 4 is 11.9 Å². The summed E-state index contributed by atoms with van der Waals surface area (Å²) in [5.41, 5.74) is 0. The Morgan fingerprint density at radius 3 is 2.50 bits per heavy atom. The third-order valence-corrected chi connectivity index (χ3v) is 2.46. The van der Waals surface area contributed by atoms with Gasteiger partial charge in [0.1, 0.15) is 6.61 Å². The second-order valence-corrected chi connectivity index (χ2v) is 3.74. The lowest BCUT2D eigenvalue weighted by atomic mass is 10.1. The van der Waals surface area contributed by atoms with Gasteiger partial charge in [-0.05, 0) is 25.9 Å². The lowest BCUT2D eigenvalue weighted by Crippen LogP contribution is -2.33. The standard InChI is InChI=1S/C11H17NO4/c13-10(14)4-5-11(15)16-9-8-12-6-2-1-3-7-12/h4-5H,1-3,6-9H2,(H,13,14)/b5-4+. The Morgan fingerprint density at radius 1 is 1.19 bits per heavy atom. The number of esters is 1. The molecular formula is C11H17NO4. The van der Waals surface area contributed by atoms with E-state index in [1.807, 2.05) is 0 Å². The van der Waals surface area contributed by atoms with E-state index in [9.17, 15) is 9.59 Å². The number of hydrogen-bond donors (Lipinski definition) is 1. The molecule has 1 fully saturated rings. The summed E-state index contributed by atoms with van der Waals surface area (Å²) in [5.74, 6) is -1.74. The average molecular weight is 227 g/mol. The molecule has 0 aliphatic carbocycles. The fraction of sp³-hybridized carbons (Fsp3) is 0.636. The maximum atomic E-state index is 11.0. The molecule has 0 amide bonds. The molecule has 1 saturated heterocycles. The SMILES string of the molecule is O=C(O)/C=C/C(=O)OCCN1CCCCC1. The van der Waals surface area contributed by atoms with Gasteiger partial charge in [0, 0.05) is 18.7 Å². The highest BCUT2D eigenvalue weighted by Crippen LogP contribution is 2.07. The van der Waals surface area contributed by atoms with Crippen LogP contribution in [0.3, 0.4) is 0 Å². The normalized spacial score (nSPS) is 17.5. The molecule has 1 rings (SSSR count). The molecule has 1 N–H and O–H groups in total. The lowest BCUT2D eigenvalue weighted by molar-refractivity contribution is -0.139. The van der Waals surface area contributed by atoms with Crippen LogP contribution in [0.4, 0.5) is 0 Å². The smallest absolute Gasteiger partial charge is 0.331 e. The van der Waals surface area contributed by atoms with Crippen LogP contribution in [0.25, 0.3) is 0 Å². The zero-order chi connectivity index (χ0) is 11.8. The topological polar surface area (TPSA) is 66.8 Å². The van der Waals surface area contributed by atoms with Gasteiger partial charge in [0.2, 0.25) is 0 Å².